The van der Waals surface area contributed by atoms with Crippen molar-refractivity contribution in [1.82, 2.24) is 15.0 Å². The summed E-state index contributed by atoms with van der Waals surface area (Å²) in [7, 11) is 0. The van der Waals surface area contributed by atoms with Gasteiger partial charge in [0.2, 0.25) is 5.91 Å². The summed E-state index contributed by atoms with van der Waals surface area (Å²) in [5.74, 6) is 0.781. The predicted molar refractivity (Wildman–Crippen MR) is 98.7 cm³/mol. The Morgan fingerprint density at radius 3 is 2.50 bits per heavy atom. The van der Waals surface area contributed by atoms with Crippen LogP contribution in [0.1, 0.15) is 16.1 Å². The monoisotopic (exact) mass is 396 g/mol. The Bertz CT molecular complexity index is 816. The molecule has 0 radical (unpaired) electrons. The number of carbonyl (C=O) groups excluding carboxylic acids is 2. The Hall–Kier alpha value is -2.09. The number of amides is 2. The number of aromatic nitrogens is 1. The lowest BCUT2D eigenvalue weighted by Crippen LogP contribution is -2.50. The second-order valence-electron chi connectivity index (χ2n) is 6.07. The Morgan fingerprint density at radius 1 is 1.15 bits per heavy atom. The van der Waals surface area contributed by atoms with Crippen LogP contribution >= 0.6 is 23.2 Å². The lowest BCUT2D eigenvalue weighted by molar-refractivity contribution is -0.117. The summed E-state index contributed by atoms with van der Waals surface area (Å²) in [6.45, 7) is 4.29. The fourth-order valence-electron chi connectivity index (χ4n) is 2.73. The van der Waals surface area contributed by atoms with Crippen molar-refractivity contribution in [2.75, 3.05) is 38.0 Å². The molecule has 3 rings (SSSR count). The molecule has 0 aliphatic carbocycles. The first-order chi connectivity index (χ1) is 12.4. The van der Waals surface area contributed by atoms with E-state index in [2.05, 4.69) is 10.5 Å². The van der Waals surface area contributed by atoms with Gasteiger partial charge in [0.25, 0.3) is 5.91 Å². The molecule has 1 aromatic heterocycles. The third-order valence-corrected chi connectivity index (χ3v) is 4.83. The summed E-state index contributed by atoms with van der Waals surface area (Å²) in [6.07, 6.45) is 0. The fraction of sp³-hybridized carbons (Fsp3) is 0.353. The zero-order chi connectivity index (χ0) is 18.7. The molecule has 26 heavy (non-hydrogen) atoms. The average Bonchev–Trinajstić information content (AvgIpc) is 3.02. The minimum atomic E-state index is -0.164. The molecule has 9 heteroatoms. The molecule has 2 aromatic rings. The maximum absolute atomic E-state index is 12.5. The minimum absolute atomic E-state index is 0.0919. The van der Waals surface area contributed by atoms with Crippen molar-refractivity contribution < 1.29 is 14.1 Å². The zero-order valence-electron chi connectivity index (χ0n) is 14.2. The standard InChI is InChI=1S/C17H18Cl2N4O3/c1-11-8-15(21-26-11)20-16(24)10-22-4-6-23(7-5-22)17(25)12-2-3-13(18)14(19)9-12/h2-3,8-9H,4-7,10H2,1H3,(H,20,21,24). The summed E-state index contributed by atoms with van der Waals surface area (Å²) < 4.78 is 4.91. The molecular weight excluding hydrogens is 379 g/mol. The number of piperazine rings is 1. The van der Waals surface area contributed by atoms with Gasteiger partial charge in [0.1, 0.15) is 5.76 Å². The third-order valence-electron chi connectivity index (χ3n) is 4.09. The number of benzene rings is 1. The Kier molecular flexibility index (Phi) is 5.80. The largest absolute Gasteiger partial charge is 0.360 e. The van der Waals surface area contributed by atoms with E-state index in [9.17, 15) is 9.59 Å². The summed E-state index contributed by atoms with van der Waals surface area (Å²) in [5.41, 5.74) is 0.506. The normalized spacial score (nSPS) is 15.1. The van der Waals surface area contributed by atoms with Crippen LogP contribution in [0.3, 0.4) is 0 Å². The van der Waals surface area contributed by atoms with E-state index in [1.54, 1.807) is 36.1 Å². The van der Waals surface area contributed by atoms with Gasteiger partial charge in [-0.05, 0) is 25.1 Å². The Labute approximate surface area is 160 Å². The minimum Gasteiger partial charge on any atom is -0.360 e. The number of hydrogen-bond donors (Lipinski definition) is 1. The molecule has 138 valence electrons. The van der Waals surface area contributed by atoms with Gasteiger partial charge in [0.15, 0.2) is 5.82 Å². The van der Waals surface area contributed by atoms with Gasteiger partial charge >= 0.3 is 0 Å². The molecule has 1 aromatic carbocycles. The van der Waals surface area contributed by atoms with Crippen LogP contribution in [0.2, 0.25) is 10.0 Å². The highest BCUT2D eigenvalue weighted by Gasteiger charge is 2.24. The van der Waals surface area contributed by atoms with Crippen LogP contribution in [0.5, 0.6) is 0 Å². The van der Waals surface area contributed by atoms with Crippen LogP contribution in [0, 0.1) is 6.92 Å². The molecule has 2 heterocycles. The maximum Gasteiger partial charge on any atom is 0.253 e. The van der Waals surface area contributed by atoms with E-state index in [1.807, 2.05) is 4.90 Å². The van der Waals surface area contributed by atoms with Crippen LogP contribution in [0.4, 0.5) is 5.82 Å². The molecule has 0 spiro atoms. The van der Waals surface area contributed by atoms with Crippen molar-refractivity contribution in [2.24, 2.45) is 0 Å². The molecule has 0 atom stereocenters. The summed E-state index contributed by atoms with van der Waals surface area (Å²) in [6, 6.07) is 6.51. The van der Waals surface area contributed by atoms with E-state index in [-0.39, 0.29) is 18.4 Å². The number of aryl methyl sites for hydroxylation is 1. The van der Waals surface area contributed by atoms with Gasteiger partial charge in [-0.2, -0.15) is 0 Å². The van der Waals surface area contributed by atoms with Gasteiger partial charge in [0.05, 0.1) is 16.6 Å². The fourth-order valence-corrected chi connectivity index (χ4v) is 3.03. The van der Waals surface area contributed by atoms with Crippen LogP contribution in [-0.4, -0.2) is 59.5 Å². The maximum atomic E-state index is 12.5. The van der Waals surface area contributed by atoms with Gasteiger partial charge in [-0.1, -0.05) is 28.4 Å². The van der Waals surface area contributed by atoms with Crippen molar-refractivity contribution >= 4 is 40.8 Å². The average molecular weight is 397 g/mol. The summed E-state index contributed by atoms with van der Waals surface area (Å²) >= 11 is 11.9. The summed E-state index contributed by atoms with van der Waals surface area (Å²) in [5, 5.41) is 7.20. The lowest BCUT2D eigenvalue weighted by atomic mass is 10.2. The predicted octanol–water partition coefficient (Wildman–Crippen LogP) is 2.69. The van der Waals surface area contributed by atoms with E-state index in [0.29, 0.717) is 53.4 Å². The number of hydrogen-bond acceptors (Lipinski definition) is 5. The van der Waals surface area contributed by atoms with Crippen LogP contribution in [0.15, 0.2) is 28.8 Å². The van der Waals surface area contributed by atoms with E-state index in [4.69, 9.17) is 27.7 Å². The number of nitrogens with one attached hydrogen (secondary N) is 1. The van der Waals surface area contributed by atoms with Gasteiger partial charge in [-0.3, -0.25) is 14.5 Å². The molecule has 2 amide bonds. The van der Waals surface area contributed by atoms with E-state index < -0.39 is 0 Å². The first-order valence-electron chi connectivity index (χ1n) is 8.12. The van der Waals surface area contributed by atoms with Crippen molar-refractivity contribution in [3.05, 3.63) is 45.6 Å². The van der Waals surface area contributed by atoms with Crippen LogP contribution < -0.4 is 5.32 Å². The van der Waals surface area contributed by atoms with Crippen LogP contribution in [0.25, 0.3) is 0 Å². The van der Waals surface area contributed by atoms with E-state index in [1.165, 1.54) is 0 Å². The second-order valence-corrected chi connectivity index (χ2v) is 6.88. The molecule has 1 aliphatic rings. The Balaban J connectivity index is 1.49. The molecule has 1 fully saturated rings. The smallest absolute Gasteiger partial charge is 0.253 e. The third kappa shape index (κ3) is 4.55. The molecule has 7 nitrogen and oxygen atoms in total. The molecule has 0 saturated carbocycles. The number of halogens is 2. The van der Waals surface area contributed by atoms with Gasteiger partial charge < -0.3 is 14.7 Å². The molecule has 0 unspecified atom stereocenters. The molecule has 1 aliphatic heterocycles. The highest BCUT2D eigenvalue weighted by molar-refractivity contribution is 6.42. The van der Waals surface area contributed by atoms with Crippen LogP contribution in [-0.2, 0) is 4.79 Å². The number of nitrogens with zero attached hydrogens (tertiary/aromatic N) is 3. The SMILES string of the molecule is Cc1cc(NC(=O)CN2CCN(C(=O)c3ccc(Cl)c(Cl)c3)CC2)no1. The van der Waals surface area contributed by atoms with Crippen molar-refractivity contribution in [3.63, 3.8) is 0 Å². The summed E-state index contributed by atoms with van der Waals surface area (Å²) in [4.78, 5) is 28.3. The van der Waals surface area contributed by atoms with Gasteiger partial charge in [-0.15, -0.1) is 0 Å². The first-order valence-corrected chi connectivity index (χ1v) is 8.88. The topological polar surface area (TPSA) is 78.7 Å². The van der Waals surface area contributed by atoms with Gasteiger partial charge in [-0.25, -0.2) is 0 Å². The Morgan fingerprint density at radius 2 is 1.88 bits per heavy atom. The van der Waals surface area contributed by atoms with Crippen molar-refractivity contribution in [1.29, 1.82) is 0 Å². The lowest BCUT2D eigenvalue weighted by Gasteiger charge is -2.34. The number of carbonyl (C=O) groups is 2. The van der Waals surface area contributed by atoms with E-state index >= 15 is 0 Å². The highest BCUT2D eigenvalue weighted by atomic mass is 35.5. The zero-order valence-corrected chi connectivity index (χ0v) is 15.7. The van der Waals surface area contributed by atoms with Gasteiger partial charge in [0, 0.05) is 37.8 Å². The van der Waals surface area contributed by atoms with E-state index in [0.717, 1.165) is 0 Å². The van der Waals surface area contributed by atoms with Crippen molar-refractivity contribution in [3.8, 4) is 0 Å². The molecule has 1 saturated heterocycles. The number of anilines is 1. The molecule has 0 bridgehead atoms. The van der Waals surface area contributed by atoms with Crippen molar-refractivity contribution in [2.45, 2.75) is 6.92 Å². The highest BCUT2D eigenvalue weighted by Crippen LogP contribution is 2.23. The molecular formula is C17H18Cl2N4O3. The first kappa shape index (κ1) is 18.7. The quantitative estimate of drug-likeness (QED) is 0.859. The molecule has 1 N–H and O–H groups in total. The number of rotatable bonds is 4. The second kappa shape index (κ2) is 8.07.